The average Bonchev–Trinajstić information content (AvgIpc) is 2.55. The fraction of sp³-hybridized carbons (Fsp3) is 0.188. The summed E-state index contributed by atoms with van der Waals surface area (Å²) in [6, 6.07) is 10.8. The van der Waals surface area contributed by atoms with Crippen molar-refractivity contribution in [2.75, 3.05) is 6.61 Å². The molecule has 1 heterocycles. The molecule has 0 aliphatic heterocycles. The number of nitrogens with two attached hydrogens (primary N) is 1. The molecule has 120 valence electrons. The summed E-state index contributed by atoms with van der Waals surface area (Å²) >= 11 is 6.01. The van der Waals surface area contributed by atoms with Crippen molar-refractivity contribution in [1.29, 1.82) is 0 Å². The van der Waals surface area contributed by atoms with Crippen LogP contribution in [0.3, 0.4) is 0 Å². The lowest BCUT2D eigenvalue weighted by Crippen LogP contribution is -2.38. The third-order valence-electron chi connectivity index (χ3n) is 3.02. The number of halogens is 1. The molecular formula is C16H16ClN3O3. The molecule has 0 unspecified atom stereocenters. The van der Waals surface area contributed by atoms with Crippen molar-refractivity contribution < 1.29 is 14.3 Å². The zero-order valence-electron chi connectivity index (χ0n) is 12.5. The largest absolute Gasteiger partial charge is 0.478 e. The molecule has 0 aliphatic carbocycles. The molecule has 2 aromatic rings. The molecule has 0 radical (unpaired) electrons. The Kier molecular flexibility index (Phi) is 5.54. The summed E-state index contributed by atoms with van der Waals surface area (Å²) in [7, 11) is 0. The highest BCUT2D eigenvalue weighted by Crippen LogP contribution is 2.20. The van der Waals surface area contributed by atoms with Crippen LogP contribution in [0.2, 0.25) is 5.02 Å². The first kappa shape index (κ1) is 16.8. The highest BCUT2D eigenvalue weighted by Gasteiger charge is 2.23. The van der Waals surface area contributed by atoms with E-state index in [4.69, 9.17) is 22.1 Å². The zero-order chi connectivity index (χ0) is 16.8. The number of primary amides is 1. The minimum Gasteiger partial charge on any atom is -0.478 e. The van der Waals surface area contributed by atoms with Gasteiger partial charge in [-0.3, -0.25) is 9.59 Å². The van der Waals surface area contributed by atoms with Crippen molar-refractivity contribution in [1.82, 2.24) is 10.3 Å². The predicted molar refractivity (Wildman–Crippen MR) is 86.3 cm³/mol. The van der Waals surface area contributed by atoms with Crippen LogP contribution < -0.4 is 15.8 Å². The first-order chi connectivity index (χ1) is 11.0. The topological polar surface area (TPSA) is 94.3 Å². The van der Waals surface area contributed by atoms with E-state index in [9.17, 15) is 9.59 Å². The van der Waals surface area contributed by atoms with Crippen LogP contribution >= 0.6 is 11.6 Å². The molecule has 1 atom stereocenters. The van der Waals surface area contributed by atoms with Crippen molar-refractivity contribution in [3.63, 3.8) is 0 Å². The van der Waals surface area contributed by atoms with E-state index in [2.05, 4.69) is 10.3 Å². The second-order valence-corrected chi connectivity index (χ2v) is 5.04. The molecule has 0 fully saturated rings. The van der Waals surface area contributed by atoms with Gasteiger partial charge in [-0.15, -0.1) is 0 Å². The second kappa shape index (κ2) is 7.60. The Labute approximate surface area is 138 Å². The van der Waals surface area contributed by atoms with Crippen molar-refractivity contribution in [3.8, 4) is 5.88 Å². The molecule has 0 saturated heterocycles. The maximum Gasteiger partial charge on any atom is 0.272 e. The number of amides is 2. The Morgan fingerprint density at radius 1 is 1.26 bits per heavy atom. The van der Waals surface area contributed by atoms with Gasteiger partial charge in [0.2, 0.25) is 11.8 Å². The molecule has 2 rings (SSSR count). The number of aromatic nitrogens is 1. The standard InChI is InChI=1S/C16H16ClN3O3/c1-2-23-12-9-8-11(17)14(19-12)16(22)20-13(15(18)21)10-6-4-3-5-7-10/h3-9,13H,2H2,1H3,(H2,18,21)(H,20,22)/t13-/m1/s1. The van der Waals surface area contributed by atoms with E-state index < -0.39 is 17.9 Å². The summed E-state index contributed by atoms with van der Waals surface area (Å²) in [6.07, 6.45) is 0. The van der Waals surface area contributed by atoms with Gasteiger partial charge in [-0.05, 0) is 18.6 Å². The van der Waals surface area contributed by atoms with E-state index in [1.54, 1.807) is 43.3 Å². The fourth-order valence-electron chi connectivity index (χ4n) is 1.98. The van der Waals surface area contributed by atoms with E-state index in [-0.39, 0.29) is 16.6 Å². The van der Waals surface area contributed by atoms with E-state index in [0.717, 1.165) is 0 Å². The average molecular weight is 334 g/mol. The number of pyridine rings is 1. The van der Waals surface area contributed by atoms with Crippen LogP contribution in [0.5, 0.6) is 5.88 Å². The summed E-state index contributed by atoms with van der Waals surface area (Å²) in [5.41, 5.74) is 5.93. The lowest BCUT2D eigenvalue weighted by molar-refractivity contribution is -0.120. The van der Waals surface area contributed by atoms with Gasteiger partial charge >= 0.3 is 0 Å². The number of hydrogen-bond acceptors (Lipinski definition) is 4. The van der Waals surface area contributed by atoms with Crippen molar-refractivity contribution in [2.24, 2.45) is 5.73 Å². The van der Waals surface area contributed by atoms with Crippen LogP contribution in [0.25, 0.3) is 0 Å². The van der Waals surface area contributed by atoms with E-state index in [1.165, 1.54) is 6.07 Å². The van der Waals surface area contributed by atoms with E-state index >= 15 is 0 Å². The summed E-state index contributed by atoms with van der Waals surface area (Å²) in [5, 5.41) is 2.70. The van der Waals surface area contributed by atoms with Crippen LogP contribution in [0.15, 0.2) is 42.5 Å². The van der Waals surface area contributed by atoms with Crippen LogP contribution in [0, 0.1) is 0 Å². The summed E-state index contributed by atoms with van der Waals surface area (Å²) in [6.45, 7) is 2.21. The number of nitrogens with zero attached hydrogens (tertiary/aromatic N) is 1. The van der Waals surface area contributed by atoms with Gasteiger partial charge in [-0.2, -0.15) is 0 Å². The van der Waals surface area contributed by atoms with E-state index in [1.807, 2.05) is 0 Å². The second-order valence-electron chi connectivity index (χ2n) is 4.63. The number of benzene rings is 1. The molecule has 0 spiro atoms. The summed E-state index contributed by atoms with van der Waals surface area (Å²) < 4.78 is 5.25. The van der Waals surface area contributed by atoms with E-state index in [0.29, 0.717) is 12.2 Å². The van der Waals surface area contributed by atoms with Gasteiger partial charge in [-0.25, -0.2) is 4.98 Å². The lowest BCUT2D eigenvalue weighted by Gasteiger charge is -2.16. The van der Waals surface area contributed by atoms with Gasteiger partial charge in [0, 0.05) is 6.07 Å². The van der Waals surface area contributed by atoms with Crippen molar-refractivity contribution >= 4 is 23.4 Å². The molecule has 1 aromatic heterocycles. The smallest absolute Gasteiger partial charge is 0.272 e. The number of nitrogens with one attached hydrogen (secondary N) is 1. The molecule has 1 aromatic carbocycles. The Morgan fingerprint density at radius 2 is 1.96 bits per heavy atom. The first-order valence-electron chi connectivity index (χ1n) is 6.97. The van der Waals surface area contributed by atoms with Crippen molar-refractivity contribution in [2.45, 2.75) is 13.0 Å². The maximum atomic E-state index is 12.4. The summed E-state index contributed by atoms with van der Waals surface area (Å²) in [4.78, 5) is 28.1. The van der Waals surface area contributed by atoms with Gasteiger partial charge in [0.15, 0.2) is 5.69 Å². The lowest BCUT2D eigenvalue weighted by atomic mass is 10.1. The van der Waals surface area contributed by atoms with Crippen LogP contribution in [0.4, 0.5) is 0 Å². The summed E-state index contributed by atoms with van der Waals surface area (Å²) in [5.74, 6) is -1.01. The van der Waals surface area contributed by atoms with Gasteiger partial charge in [-0.1, -0.05) is 41.9 Å². The number of carbonyl (C=O) groups excluding carboxylic acids is 2. The highest BCUT2D eigenvalue weighted by atomic mass is 35.5. The van der Waals surface area contributed by atoms with Crippen molar-refractivity contribution in [3.05, 3.63) is 58.7 Å². The third kappa shape index (κ3) is 4.20. The molecule has 3 N–H and O–H groups in total. The fourth-order valence-corrected chi connectivity index (χ4v) is 2.17. The number of rotatable bonds is 6. The van der Waals surface area contributed by atoms with Crippen LogP contribution in [-0.4, -0.2) is 23.4 Å². The third-order valence-corrected chi connectivity index (χ3v) is 3.33. The predicted octanol–water partition coefficient (Wildman–Crippen LogP) is 2.09. The Morgan fingerprint density at radius 3 is 2.57 bits per heavy atom. The number of hydrogen-bond donors (Lipinski definition) is 2. The van der Waals surface area contributed by atoms with Gasteiger partial charge < -0.3 is 15.8 Å². The Hall–Kier alpha value is -2.60. The van der Waals surface area contributed by atoms with Gasteiger partial charge in [0.1, 0.15) is 6.04 Å². The number of ether oxygens (including phenoxy) is 1. The molecule has 7 heteroatoms. The Bertz CT molecular complexity index is 707. The molecule has 2 amide bonds. The minimum atomic E-state index is -0.975. The first-order valence-corrected chi connectivity index (χ1v) is 7.35. The molecule has 0 aliphatic rings. The highest BCUT2D eigenvalue weighted by molar-refractivity contribution is 6.33. The molecule has 6 nitrogen and oxygen atoms in total. The SMILES string of the molecule is CCOc1ccc(Cl)c(C(=O)N[C@@H](C(N)=O)c2ccccc2)n1. The quantitative estimate of drug-likeness (QED) is 0.846. The van der Waals surface area contributed by atoms with Crippen LogP contribution in [0.1, 0.15) is 29.0 Å². The zero-order valence-corrected chi connectivity index (χ0v) is 13.2. The molecule has 0 bridgehead atoms. The molecular weight excluding hydrogens is 318 g/mol. The number of carbonyl (C=O) groups is 2. The minimum absolute atomic E-state index is 0.0280. The Balaban J connectivity index is 2.26. The maximum absolute atomic E-state index is 12.4. The molecule has 23 heavy (non-hydrogen) atoms. The molecule has 0 saturated carbocycles. The normalized spacial score (nSPS) is 11.6. The van der Waals surface area contributed by atoms with Gasteiger partial charge in [0.05, 0.1) is 11.6 Å². The van der Waals surface area contributed by atoms with Gasteiger partial charge in [0.25, 0.3) is 5.91 Å². The monoisotopic (exact) mass is 333 g/mol. The van der Waals surface area contributed by atoms with Crippen LogP contribution in [-0.2, 0) is 4.79 Å².